The fourth-order valence-corrected chi connectivity index (χ4v) is 7.36. The third-order valence-corrected chi connectivity index (χ3v) is 11.2. The molecule has 58 heavy (non-hydrogen) atoms. The molecule has 0 N–H and O–H groups in total. The maximum Gasteiger partial charge on any atom is 0.306 e. The van der Waals surface area contributed by atoms with Gasteiger partial charge in [-0.3, -0.25) is 14.4 Å². The SMILES string of the molecule is CCCCCC/C=C\C/C=C\CCCCCCCCCC(=O)OCC(COC(=O)CCCCCCCCCCCCC)OC(=O)CCCCCCCCCCCCC. The molecule has 0 rings (SSSR count). The second kappa shape index (κ2) is 47.6. The van der Waals surface area contributed by atoms with Crippen molar-refractivity contribution in [2.75, 3.05) is 13.2 Å². The summed E-state index contributed by atoms with van der Waals surface area (Å²) in [4.78, 5) is 37.8. The van der Waals surface area contributed by atoms with Crippen molar-refractivity contribution in [2.45, 2.75) is 277 Å². The van der Waals surface area contributed by atoms with Gasteiger partial charge in [-0.05, 0) is 51.4 Å². The Morgan fingerprint density at radius 3 is 0.966 bits per heavy atom. The van der Waals surface area contributed by atoms with Gasteiger partial charge in [0.1, 0.15) is 13.2 Å². The molecule has 1 unspecified atom stereocenters. The Bertz CT molecular complexity index is 942. The molecule has 0 aromatic rings. The Morgan fingerprint density at radius 1 is 0.345 bits per heavy atom. The average molecular weight is 817 g/mol. The number of allylic oxidation sites excluding steroid dienone is 4. The quantitative estimate of drug-likeness (QED) is 0.0263. The van der Waals surface area contributed by atoms with Crippen LogP contribution in [0.2, 0.25) is 0 Å². The summed E-state index contributed by atoms with van der Waals surface area (Å²) in [6.45, 7) is 6.62. The van der Waals surface area contributed by atoms with Gasteiger partial charge in [-0.15, -0.1) is 0 Å². The first kappa shape index (κ1) is 55.9. The highest BCUT2D eigenvalue weighted by Crippen LogP contribution is 2.15. The fourth-order valence-electron chi connectivity index (χ4n) is 7.36. The van der Waals surface area contributed by atoms with Crippen LogP contribution in [0.4, 0.5) is 0 Å². The van der Waals surface area contributed by atoms with Gasteiger partial charge in [-0.25, -0.2) is 0 Å². The summed E-state index contributed by atoms with van der Waals surface area (Å²) in [6, 6.07) is 0. The Morgan fingerprint density at radius 2 is 0.621 bits per heavy atom. The Balaban J connectivity index is 4.30. The van der Waals surface area contributed by atoms with Crippen LogP contribution in [-0.4, -0.2) is 37.2 Å². The molecule has 0 fully saturated rings. The number of rotatable bonds is 46. The van der Waals surface area contributed by atoms with E-state index in [1.807, 2.05) is 0 Å². The lowest BCUT2D eigenvalue weighted by Crippen LogP contribution is -2.30. The molecule has 6 nitrogen and oxygen atoms in total. The van der Waals surface area contributed by atoms with Gasteiger partial charge < -0.3 is 14.2 Å². The minimum atomic E-state index is -0.767. The van der Waals surface area contributed by atoms with Gasteiger partial charge in [0.05, 0.1) is 0 Å². The zero-order valence-corrected chi connectivity index (χ0v) is 38.8. The van der Waals surface area contributed by atoms with Gasteiger partial charge in [-0.1, -0.05) is 225 Å². The lowest BCUT2D eigenvalue weighted by atomic mass is 10.1. The highest BCUT2D eigenvalue weighted by atomic mass is 16.6. The molecule has 0 saturated heterocycles. The monoisotopic (exact) mass is 817 g/mol. The number of esters is 3. The molecule has 0 aromatic heterocycles. The first-order valence-corrected chi connectivity index (χ1v) is 25.3. The predicted octanol–water partition coefficient (Wildman–Crippen LogP) is 16.4. The number of carbonyl (C=O) groups excluding carboxylic acids is 3. The van der Waals surface area contributed by atoms with Crippen molar-refractivity contribution in [3.05, 3.63) is 24.3 Å². The van der Waals surface area contributed by atoms with Gasteiger partial charge >= 0.3 is 17.9 Å². The fraction of sp³-hybridized carbons (Fsp3) is 0.865. The number of ether oxygens (including phenoxy) is 3. The van der Waals surface area contributed by atoms with Gasteiger partial charge in [-0.2, -0.15) is 0 Å². The molecule has 0 amide bonds. The second-order valence-electron chi connectivity index (χ2n) is 17.1. The topological polar surface area (TPSA) is 78.9 Å². The zero-order valence-electron chi connectivity index (χ0n) is 38.8. The molecule has 1 atom stereocenters. The first-order chi connectivity index (χ1) is 28.5. The summed E-state index contributed by atoms with van der Waals surface area (Å²) in [6.07, 6.45) is 53.0. The molecule has 0 saturated carbocycles. The van der Waals surface area contributed by atoms with Crippen LogP contribution < -0.4 is 0 Å². The van der Waals surface area contributed by atoms with Crippen LogP contribution in [0, 0.1) is 0 Å². The van der Waals surface area contributed by atoms with E-state index in [1.54, 1.807) is 0 Å². The third kappa shape index (κ3) is 45.0. The summed E-state index contributed by atoms with van der Waals surface area (Å²) in [5, 5.41) is 0. The Labute approximate surface area is 360 Å². The summed E-state index contributed by atoms with van der Waals surface area (Å²) < 4.78 is 16.8. The van der Waals surface area contributed by atoms with E-state index in [0.29, 0.717) is 19.3 Å². The lowest BCUT2D eigenvalue weighted by molar-refractivity contribution is -0.167. The van der Waals surface area contributed by atoms with Crippen LogP contribution in [0.25, 0.3) is 0 Å². The van der Waals surface area contributed by atoms with E-state index in [1.165, 1.54) is 161 Å². The van der Waals surface area contributed by atoms with Crippen molar-refractivity contribution in [1.29, 1.82) is 0 Å². The van der Waals surface area contributed by atoms with Crippen LogP contribution >= 0.6 is 0 Å². The van der Waals surface area contributed by atoms with E-state index in [0.717, 1.165) is 70.6 Å². The molecule has 0 spiro atoms. The zero-order chi connectivity index (χ0) is 42.3. The molecular weight excluding hydrogens is 721 g/mol. The van der Waals surface area contributed by atoms with Gasteiger partial charge in [0.2, 0.25) is 0 Å². The molecule has 0 aliphatic carbocycles. The smallest absolute Gasteiger partial charge is 0.306 e. The summed E-state index contributed by atoms with van der Waals surface area (Å²) in [7, 11) is 0. The average Bonchev–Trinajstić information content (AvgIpc) is 3.22. The van der Waals surface area contributed by atoms with Crippen molar-refractivity contribution in [2.24, 2.45) is 0 Å². The maximum absolute atomic E-state index is 12.7. The molecule has 0 radical (unpaired) electrons. The standard InChI is InChI=1S/C52H96O6/c1-4-7-10-13-16-19-22-23-24-25-26-27-28-31-33-36-39-42-45-51(54)57-48-49(58-52(55)46-43-40-37-34-30-21-18-15-12-9-6-3)47-56-50(53)44-41-38-35-32-29-20-17-14-11-8-5-2/h19,22,24-25,49H,4-18,20-21,23,26-48H2,1-3H3/b22-19-,25-24-. The molecule has 340 valence electrons. The summed E-state index contributed by atoms with van der Waals surface area (Å²) in [5.74, 6) is -0.867. The third-order valence-electron chi connectivity index (χ3n) is 11.2. The van der Waals surface area contributed by atoms with Crippen LogP contribution in [0.3, 0.4) is 0 Å². The number of unbranched alkanes of at least 4 members (excludes halogenated alkanes) is 31. The normalized spacial score (nSPS) is 12.1. The summed E-state index contributed by atoms with van der Waals surface area (Å²) >= 11 is 0. The van der Waals surface area contributed by atoms with E-state index in [4.69, 9.17) is 14.2 Å². The number of carbonyl (C=O) groups is 3. The lowest BCUT2D eigenvalue weighted by Gasteiger charge is -2.18. The van der Waals surface area contributed by atoms with Crippen molar-refractivity contribution in [3.8, 4) is 0 Å². The number of hydrogen-bond donors (Lipinski definition) is 0. The first-order valence-electron chi connectivity index (χ1n) is 25.3. The van der Waals surface area contributed by atoms with E-state index < -0.39 is 6.10 Å². The van der Waals surface area contributed by atoms with E-state index in [9.17, 15) is 14.4 Å². The largest absolute Gasteiger partial charge is 0.462 e. The van der Waals surface area contributed by atoms with Crippen molar-refractivity contribution in [1.82, 2.24) is 0 Å². The van der Waals surface area contributed by atoms with Crippen LogP contribution in [0.15, 0.2) is 24.3 Å². The van der Waals surface area contributed by atoms with E-state index >= 15 is 0 Å². The predicted molar refractivity (Wildman–Crippen MR) is 247 cm³/mol. The van der Waals surface area contributed by atoms with Crippen molar-refractivity contribution >= 4 is 17.9 Å². The molecule has 0 heterocycles. The van der Waals surface area contributed by atoms with Crippen molar-refractivity contribution in [3.63, 3.8) is 0 Å². The highest BCUT2D eigenvalue weighted by molar-refractivity contribution is 5.71. The minimum Gasteiger partial charge on any atom is -0.462 e. The van der Waals surface area contributed by atoms with Gasteiger partial charge in [0, 0.05) is 19.3 Å². The van der Waals surface area contributed by atoms with E-state index in [2.05, 4.69) is 45.1 Å². The molecule has 0 aliphatic heterocycles. The highest BCUT2D eigenvalue weighted by Gasteiger charge is 2.19. The van der Waals surface area contributed by atoms with Gasteiger partial charge in [0.15, 0.2) is 6.10 Å². The second-order valence-corrected chi connectivity index (χ2v) is 17.1. The molecule has 6 heteroatoms. The number of hydrogen-bond acceptors (Lipinski definition) is 6. The summed E-state index contributed by atoms with van der Waals surface area (Å²) in [5.41, 5.74) is 0. The minimum absolute atomic E-state index is 0.0693. The van der Waals surface area contributed by atoms with Gasteiger partial charge in [0.25, 0.3) is 0 Å². The van der Waals surface area contributed by atoms with Crippen molar-refractivity contribution < 1.29 is 28.6 Å². The Hall–Kier alpha value is -2.11. The van der Waals surface area contributed by atoms with Crippen LogP contribution in [-0.2, 0) is 28.6 Å². The molecule has 0 bridgehead atoms. The molecular formula is C52H96O6. The van der Waals surface area contributed by atoms with E-state index in [-0.39, 0.29) is 31.1 Å². The molecule has 0 aromatic carbocycles. The maximum atomic E-state index is 12.7. The van der Waals surface area contributed by atoms with Crippen LogP contribution in [0.5, 0.6) is 0 Å². The Kier molecular flexibility index (Phi) is 45.8. The molecule has 0 aliphatic rings. The van der Waals surface area contributed by atoms with Crippen LogP contribution in [0.1, 0.15) is 271 Å².